The number of rotatable bonds is 5. The molecular formula is C34H46N4O2. The van der Waals surface area contributed by atoms with Gasteiger partial charge in [-0.2, -0.15) is 5.26 Å². The Bertz CT molecular complexity index is 1430. The molecule has 1 unspecified atom stereocenters. The lowest BCUT2D eigenvalue weighted by Gasteiger charge is -2.64. The maximum atomic E-state index is 14.6. The van der Waals surface area contributed by atoms with Gasteiger partial charge in [-0.3, -0.25) is 9.59 Å². The topological polar surface area (TPSA) is 99.2 Å². The Hall–Kier alpha value is -3.01. The summed E-state index contributed by atoms with van der Waals surface area (Å²) >= 11 is 0. The number of nitrogens with two attached hydrogens (primary N) is 1. The molecule has 3 aliphatic carbocycles. The van der Waals surface area contributed by atoms with E-state index >= 15 is 0 Å². The maximum Gasteiger partial charge on any atom is 0.248 e. The van der Waals surface area contributed by atoms with E-state index in [-0.39, 0.29) is 22.7 Å². The molecule has 0 spiro atoms. The van der Waals surface area contributed by atoms with Crippen molar-refractivity contribution in [3.63, 3.8) is 0 Å². The van der Waals surface area contributed by atoms with Crippen LogP contribution >= 0.6 is 0 Å². The fraction of sp³-hybridized carbons (Fsp3) is 0.559. The van der Waals surface area contributed by atoms with Crippen LogP contribution in [-0.4, -0.2) is 43.3 Å². The summed E-state index contributed by atoms with van der Waals surface area (Å²) in [6.45, 7) is 23.2. The van der Waals surface area contributed by atoms with Crippen molar-refractivity contribution in [3.05, 3.63) is 68.8 Å². The number of allylic oxidation sites excluding steroid dienone is 2. The first kappa shape index (κ1) is 30.0. The molecular weight excluding hydrogens is 496 g/mol. The lowest BCUT2D eigenvalue weighted by atomic mass is 9.40. The fourth-order valence-electron chi connectivity index (χ4n) is 8.64. The number of nitrogens with one attached hydrogen (secondary N) is 1. The standard InChI is InChI=1S/C34H46N4O2/c1-19-25(30(36)40)20(2)34(9)21(3)27-28(39)26-22(15-35)12-13-23(16-37-18-31(4,5)6)24(26)14-32(27,7)17-33(34,8)29(19)38(10)11/h12-13,29,37H,2,14,16-18H2,1,3-11H3,(H2,36,40)/t29?,32-,33-,34-/m0/s1. The molecule has 214 valence electrons. The van der Waals surface area contributed by atoms with Gasteiger partial charge in [0.25, 0.3) is 0 Å². The number of amides is 1. The number of nitriles is 1. The van der Waals surface area contributed by atoms with Gasteiger partial charge in [-0.25, -0.2) is 0 Å². The highest BCUT2D eigenvalue weighted by Crippen LogP contribution is 2.69. The molecule has 1 amide bonds. The van der Waals surface area contributed by atoms with Gasteiger partial charge >= 0.3 is 0 Å². The summed E-state index contributed by atoms with van der Waals surface area (Å²) in [7, 11) is 4.09. The minimum Gasteiger partial charge on any atom is -0.366 e. The van der Waals surface area contributed by atoms with Crippen molar-refractivity contribution in [1.82, 2.24) is 10.2 Å². The molecule has 0 fully saturated rings. The molecule has 0 heterocycles. The molecule has 0 saturated heterocycles. The predicted molar refractivity (Wildman–Crippen MR) is 161 cm³/mol. The van der Waals surface area contributed by atoms with Gasteiger partial charge in [0.05, 0.1) is 11.6 Å². The van der Waals surface area contributed by atoms with Crippen molar-refractivity contribution in [1.29, 1.82) is 5.26 Å². The number of nitrogens with zero attached hydrogens (tertiary/aromatic N) is 2. The predicted octanol–water partition coefficient (Wildman–Crippen LogP) is 5.47. The number of hydrogen-bond acceptors (Lipinski definition) is 5. The van der Waals surface area contributed by atoms with Crippen LogP contribution in [0.3, 0.4) is 0 Å². The SMILES string of the molecule is C=C1C(C(N)=O)=C(C)C(N(C)C)[C@]2(C)C[C@]3(C)Cc4c(CNCC(C)(C)C)ccc(C#N)c4C(=O)C3=C(C)[C@]12C. The first-order valence-corrected chi connectivity index (χ1v) is 14.2. The maximum absolute atomic E-state index is 14.6. The van der Waals surface area contributed by atoms with Gasteiger partial charge in [0, 0.05) is 52.1 Å². The Kier molecular flexibility index (Phi) is 7.14. The molecule has 4 atom stereocenters. The van der Waals surface area contributed by atoms with E-state index in [4.69, 9.17) is 5.73 Å². The Balaban J connectivity index is 1.98. The number of ketones is 1. The fourth-order valence-corrected chi connectivity index (χ4v) is 8.64. The largest absolute Gasteiger partial charge is 0.366 e. The third-order valence-electron chi connectivity index (χ3n) is 10.2. The Labute approximate surface area is 240 Å². The molecule has 1 aromatic rings. The number of primary amides is 1. The lowest BCUT2D eigenvalue weighted by Crippen LogP contribution is -2.62. The van der Waals surface area contributed by atoms with E-state index in [0.717, 1.165) is 40.8 Å². The summed E-state index contributed by atoms with van der Waals surface area (Å²) in [5.74, 6) is -0.553. The minimum absolute atomic E-state index is 0.0696. The number of Topliss-reactive ketones (excluding diaryl/α,β-unsaturated/α-hetero) is 1. The average molecular weight is 543 g/mol. The molecule has 0 aromatic heterocycles. The van der Waals surface area contributed by atoms with Crippen LogP contribution in [0.5, 0.6) is 0 Å². The summed E-state index contributed by atoms with van der Waals surface area (Å²) < 4.78 is 0. The second-order valence-corrected chi connectivity index (χ2v) is 14.5. The summed E-state index contributed by atoms with van der Waals surface area (Å²) in [5.41, 5.74) is 11.4. The summed E-state index contributed by atoms with van der Waals surface area (Å²) in [6, 6.07) is 6.02. The first-order valence-electron chi connectivity index (χ1n) is 14.2. The molecule has 0 saturated carbocycles. The second kappa shape index (κ2) is 9.53. The first-order chi connectivity index (χ1) is 18.4. The normalized spacial score (nSPS) is 30.2. The van der Waals surface area contributed by atoms with Crippen LogP contribution < -0.4 is 11.1 Å². The van der Waals surface area contributed by atoms with E-state index in [9.17, 15) is 14.9 Å². The molecule has 40 heavy (non-hydrogen) atoms. The Morgan fingerprint density at radius 1 is 1.23 bits per heavy atom. The van der Waals surface area contributed by atoms with Crippen molar-refractivity contribution in [2.45, 2.75) is 80.8 Å². The molecule has 1 aromatic carbocycles. The van der Waals surface area contributed by atoms with E-state index in [1.807, 2.05) is 34.0 Å². The lowest BCUT2D eigenvalue weighted by molar-refractivity contribution is -0.115. The van der Waals surface area contributed by atoms with Gasteiger partial charge < -0.3 is 16.0 Å². The third kappa shape index (κ3) is 4.13. The third-order valence-corrected chi connectivity index (χ3v) is 10.2. The van der Waals surface area contributed by atoms with Gasteiger partial charge in [-0.1, -0.05) is 59.8 Å². The van der Waals surface area contributed by atoms with Gasteiger partial charge in [0.15, 0.2) is 5.78 Å². The minimum atomic E-state index is -0.674. The monoisotopic (exact) mass is 542 g/mol. The van der Waals surface area contributed by atoms with E-state index < -0.39 is 16.7 Å². The van der Waals surface area contributed by atoms with Crippen molar-refractivity contribution < 1.29 is 9.59 Å². The van der Waals surface area contributed by atoms with Crippen LogP contribution in [0.4, 0.5) is 0 Å². The van der Waals surface area contributed by atoms with Crippen LogP contribution in [0.15, 0.2) is 46.6 Å². The smallest absolute Gasteiger partial charge is 0.248 e. The molecule has 0 bridgehead atoms. The van der Waals surface area contributed by atoms with Crippen LogP contribution in [0.1, 0.15) is 88.9 Å². The molecule has 0 radical (unpaired) electrons. The van der Waals surface area contributed by atoms with Crippen molar-refractivity contribution in [2.75, 3.05) is 20.6 Å². The average Bonchev–Trinajstić information content (AvgIpc) is 2.80. The molecule has 4 rings (SSSR count). The van der Waals surface area contributed by atoms with Gasteiger partial charge in [0.1, 0.15) is 0 Å². The van der Waals surface area contributed by atoms with Gasteiger partial charge in [-0.05, 0) is 74.5 Å². The molecule has 0 aliphatic heterocycles. The van der Waals surface area contributed by atoms with Crippen LogP contribution in [0.25, 0.3) is 0 Å². The van der Waals surface area contributed by atoms with Crippen molar-refractivity contribution in [2.24, 2.45) is 27.4 Å². The van der Waals surface area contributed by atoms with Gasteiger partial charge in [0.2, 0.25) is 5.91 Å². The second-order valence-electron chi connectivity index (χ2n) is 14.5. The zero-order valence-electron chi connectivity index (χ0n) is 26.1. The zero-order chi connectivity index (χ0) is 30.2. The molecule has 6 nitrogen and oxygen atoms in total. The number of carbonyl (C=O) groups excluding carboxylic acids is 2. The number of carbonyl (C=O) groups is 2. The quantitative estimate of drug-likeness (QED) is 0.514. The van der Waals surface area contributed by atoms with Crippen LogP contribution in [-0.2, 0) is 17.8 Å². The van der Waals surface area contributed by atoms with Gasteiger partial charge in [-0.15, -0.1) is 0 Å². The van der Waals surface area contributed by atoms with Crippen molar-refractivity contribution >= 4 is 11.7 Å². The van der Waals surface area contributed by atoms with Crippen LogP contribution in [0, 0.1) is 33.0 Å². The number of benzene rings is 1. The number of hydrogen-bond donors (Lipinski definition) is 2. The number of likely N-dealkylation sites (N-methyl/N-ethyl adjacent to an activating group) is 1. The van der Waals surface area contributed by atoms with Crippen LogP contribution in [0.2, 0.25) is 0 Å². The van der Waals surface area contributed by atoms with E-state index in [2.05, 4.69) is 64.4 Å². The molecule has 6 heteroatoms. The number of fused-ring (bicyclic) bond motifs is 3. The summed E-state index contributed by atoms with van der Waals surface area (Å²) in [5, 5.41) is 13.6. The highest BCUT2D eigenvalue weighted by Gasteiger charge is 2.64. The van der Waals surface area contributed by atoms with Crippen molar-refractivity contribution in [3.8, 4) is 6.07 Å². The highest BCUT2D eigenvalue weighted by atomic mass is 16.1. The van der Waals surface area contributed by atoms with E-state index in [1.165, 1.54) is 0 Å². The zero-order valence-corrected chi connectivity index (χ0v) is 26.1. The Morgan fingerprint density at radius 3 is 2.38 bits per heavy atom. The van der Waals surface area contributed by atoms with E-state index in [0.29, 0.717) is 35.2 Å². The summed E-state index contributed by atoms with van der Waals surface area (Å²) in [6.07, 6.45) is 1.40. The molecule has 3 aliphatic rings. The highest BCUT2D eigenvalue weighted by molar-refractivity contribution is 6.14. The van der Waals surface area contributed by atoms with E-state index in [1.54, 1.807) is 6.07 Å². The summed E-state index contributed by atoms with van der Waals surface area (Å²) in [4.78, 5) is 29.5. The Morgan fingerprint density at radius 2 is 1.85 bits per heavy atom. The molecule has 3 N–H and O–H groups in total.